The Morgan fingerprint density at radius 3 is 2.42 bits per heavy atom. The molecule has 126 valence electrons. The number of halogens is 1. The monoisotopic (exact) mass is 392 g/mol. The molecule has 5 nitrogen and oxygen atoms in total. The van der Waals surface area contributed by atoms with Crippen LogP contribution < -0.4 is 14.2 Å². The molecule has 0 aliphatic heterocycles. The number of carbonyl (C=O) groups is 2. The molecule has 6 heteroatoms. The molecule has 0 unspecified atom stereocenters. The SMILES string of the molecule is COc1cccc(C=O)c1OC(=O)COc1c(C)cc(Br)cc1C. The first kappa shape index (κ1) is 18.0. The van der Waals surface area contributed by atoms with Gasteiger partial charge < -0.3 is 14.2 Å². The molecule has 0 spiro atoms. The highest BCUT2D eigenvalue weighted by Crippen LogP contribution is 2.31. The Kier molecular flexibility index (Phi) is 5.98. The molecule has 2 rings (SSSR count). The maximum Gasteiger partial charge on any atom is 0.349 e. The summed E-state index contributed by atoms with van der Waals surface area (Å²) in [5.74, 6) is 0.409. The van der Waals surface area contributed by atoms with Gasteiger partial charge in [0.15, 0.2) is 24.4 Å². The lowest BCUT2D eigenvalue weighted by Crippen LogP contribution is -2.19. The summed E-state index contributed by atoms with van der Waals surface area (Å²) in [5.41, 5.74) is 2.04. The van der Waals surface area contributed by atoms with E-state index in [9.17, 15) is 9.59 Å². The third-order valence-corrected chi connectivity index (χ3v) is 3.79. The highest BCUT2D eigenvalue weighted by molar-refractivity contribution is 9.10. The van der Waals surface area contributed by atoms with Crippen molar-refractivity contribution in [3.05, 3.63) is 51.5 Å². The zero-order valence-corrected chi connectivity index (χ0v) is 15.2. The van der Waals surface area contributed by atoms with Crippen LogP contribution in [0.4, 0.5) is 0 Å². The van der Waals surface area contributed by atoms with Crippen molar-refractivity contribution in [2.45, 2.75) is 13.8 Å². The van der Waals surface area contributed by atoms with Gasteiger partial charge in [0, 0.05) is 4.47 Å². The summed E-state index contributed by atoms with van der Waals surface area (Å²) in [7, 11) is 1.44. The number of ether oxygens (including phenoxy) is 3. The normalized spacial score (nSPS) is 10.2. The molecule has 24 heavy (non-hydrogen) atoms. The van der Waals surface area contributed by atoms with Crippen LogP contribution in [-0.2, 0) is 4.79 Å². The summed E-state index contributed by atoms with van der Waals surface area (Å²) in [6, 6.07) is 8.60. The fourth-order valence-corrected chi connectivity index (χ4v) is 2.98. The van der Waals surface area contributed by atoms with Gasteiger partial charge >= 0.3 is 5.97 Å². The quantitative estimate of drug-likeness (QED) is 0.424. The molecule has 0 amide bonds. The van der Waals surface area contributed by atoms with Gasteiger partial charge in [-0.15, -0.1) is 0 Å². The first-order valence-electron chi connectivity index (χ1n) is 7.18. The third kappa shape index (κ3) is 4.14. The number of aldehydes is 1. The fraction of sp³-hybridized carbons (Fsp3) is 0.222. The van der Waals surface area contributed by atoms with Crippen LogP contribution in [0.5, 0.6) is 17.2 Å². The molecule has 0 bridgehead atoms. The standard InChI is InChI=1S/C18H17BrO5/c1-11-7-14(19)8-12(2)17(11)23-10-16(21)24-18-13(9-20)5-4-6-15(18)22-3/h4-9H,10H2,1-3H3. The Labute approximate surface area is 148 Å². The second-order valence-electron chi connectivity index (χ2n) is 5.13. The summed E-state index contributed by atoms with van der Waals surface area (Å²) in [5, 5.41) is 0. The summed E-state index contributed by atoms with van der Waals surface area (Å²) < 4.78 is 16.9. The molecule has 2 aromatic rings. The van der Waals surface area contributed by atoms with Crippen LogP contribution in [0, 0.1) is 13.8 Å². The van der Waals surface area contributed by atoms with Crippen LogP contribution in [0.3, 0.4) is 0 Å². The average Bonchev–Trinajstić information content (AvgIpc) is 2.54. The van der Waals surface area contributed by atoms with Gasteiger partial charge in [-0.25, -0.2) is 4.79 Å². The number of hydrogen-bond acceptors (Lipinski definition) is 5. The molecule has 0 N–H and O–H groups in total. The van der Waals surface area contributed by atoms with E-state index in [1.54, 1.807) is 18.2 Å². The highest BCUT2D eigenvalue weighted by Gasteiger charge is 2.16. The summed E-state index contributed by atoms with van der Waals surface area (Å²) in [4.78, 5) is 23.2. The molecular weight excluding hydrogens is 376 g/mol. The van der Waals surface area contributed by atoms with E-state index < -0.39 is 5.97 Å². The Bertz CT molecular complexity index is 747. The Morgan fingerprint density at radius 1 is 1.17 bits per heavy atom. The molecule has 0 aliphatic carbocycles. The molecular formula is C18H17BrO5. The lowest BCUT2D eigenvalue weighted by atomic mass is 10.1. The van der Waals surface area contributed by atoms with Crippen molar-refractivity contribution in [1.82, 2.24) is 0 Å². The summed E-state index contributed by atoms with van der Waals surface area (Å²) >= 11 is 3.41. The second kappa shape index (κ2) is 7.97. The van der Waals surface area contributed by atoms with Gasteiger partial charge in [0.05, 0.1) is 12.7 Å². The lowest BCUT2D eigenvalue weighted by Gasteiger charge is -2.14. The van der Waals surface area contributed by atoms with Crippen LogP contribution in [0.2, 0.25) is 0 Å². The van der Waals surface area contributed by atoms with Crippen LogP contribution in [0.1, 0.15) is 21.5 Å². The predicted molar refractivity (Wildman–Crippen MR) is 93.1 cm³/mol. The van der Waals surface area contributed by atoms with E-state index in [2.05, 4.69) is 15.9 Å². The smallest absolute Gasteiger partial charge is 0.349 e. The largest absolute Gasteiger partial charge is 0.493 e. The number of para-hydroxylation sites is 1. The Morgan fingerprint density at radius 2 is 1.83 bits per heavy atom. The number of rotatable bonds is 6. The van der Waals surface area contributed by atoms with Crippen molar-refractivity contribution in [3.8, 4) is 17.2 Å². The number of carbonyl (C=O) groups excluding carboxylic acids is 2. The maximum absolute atomic E-state index is 12.1. The van der Waals surface area contributed by atoms with Gasteiger partial charge in [-0.05, 0) is 49.2 Å². The van der Waals surface area contributed by atoms with Crippen molar-refractivity contribution in [1.29, 1.82) is 0 Å². The zero-order chi connectivity index (χ0) is 17.7. The van der Waals surface area contributed by atoms with Gasteiger partial charge in [0.2, 0.25) is 0 Å². The van der Waals surface area contributed by atoms with E-state index >= 15 is 0 Å². The van der Waals surface area contributed by atoms with Crippen molar-refractivity contribution >= 4 is 28.2 Å². The molecule has 0 saturated carbocycles. The van der Waals surface area contributed by atoms with Crippen molar-refractivity contribution in [2.75, 3.05) is 13.7 Å². The first-order valence-corrected chi connectivity index (χ1v) is 7.98. The minimum atomic E-state index is -0.621. The average molecular weight is 393 g/mol. The van der Waals surface area contributed by atoms with Gasteiger partial charge in [-0.1, -0.05) is 22.0 Å². The summed E-state index contributed by atoms with van der Waals surface area (Å²) in [6.07, 6.45) is 0.606. The molecule has 0 atom stereocenters. The van der Waals surface area contributed by atoms with E-state index in [-0.39, 0.29) is 17.9 Å². The van der Waals surface area contributed by atoms with E-state index in [4.69, 9.17) is 14.2 Å². The van der Waals surface area contributed by atoms with Crippen molar-refractivity contribution in [2.24, 2.45) is 0 Å². The predicted octanol–water partition coefficient (Wildman–Crippen LogP) is 3.87. The fourth-order valence-electron chi connectivity index (χ4n) is 2.30. The zero-order valence-electron chi connectivity index (χ0n) is 13.6. The first-order chi connectivity index (χ1) is 11.5. The minimum absolute atomic E-state index is 0.0906. The van der Waals surface area contributed by atoms with Crippen LogP contribution in [0.15, 0.2) is 34.8 Å². The van der Waals surface area contributed by atoms with Gasteiger partial charge in [-0.3, -0.25) is 4.79 Å². The van der Waals surface area contributed by atoms with E-state index in [1.165, 1.54) is 7.11 Å². The molecule has 0 heterocycles. The maximum atomic E-state index is 12.1. The second-order valence-corrected chi connectivity index (χ2v) is 6.04. The molecule has 0 aromatic heterocycles. The molecule has 0 aliphatic rings. The minimum Gasteiger partial charge on any atom is -0.493 e. The number of aryl methyl sites for hydroxylation is 2. The third-order valence-electron chi connectivity index (χ3n) is 3.33. The molecule has 0 radical (unpaired) electrons. The Balaban J connectivity index is 2.11. The van der Waals surface area contributed by atoms with Gasteiger partial charge in [-0.2, -0.15) is 0 Å². The lowest BCUT2D eigenvalue weighted by molar-refractivity contribution is -0.136. The van der Waals surface area contributed by atoms with Crippen LogP contribution in [-0.4, -0.2) is 26.0 Å². The molecule has 0 fully saturated rings. The molecule has 2 aromatic carbocycles. The van der Waals surface area contributed by atoms with Gasteiger partial charge in [0.1, 0.15) is 5.75 Å². The van der Waals surface area contributed by atoms with E-state index in [0.29, 0.717) is 17.8 Å². The van der Waals surface area contributed by atoms with E-state index in [1.807, 2.05) is 26.0 Å². The molecule has 0 saturated heterocycles. The Hall–Kier alpha value is -2.34. The van der Waals surface area contributed by atoms with Crippen molar-refractivity contribution in [3.63, 3.8) is 0 Å². The van der Waals surface area contributed by atoms with Gasteiger partial charge in [0.25, 0.3) is 0 Å². The topological polar surface area (TPSA) is 61.8 Å². The highest BCUT2D eigenvalue weighted by atomic mass is 79.9. The number of methoxy groups -OCH3 is 1. The van der Waals surface area contributed by atoms with Crippen LogP contribution >= 0.6 is 15.9 Å². The number of hydrogen-bond donors (Lipinski definition) is 0. The number of esters is 1. The number of benzene rings is 2. The summed E-state index contributed by atoms with van der Waals surface area (Å²) in [6.45, 7) is 3.51. The van der Waals surface area contributed by atoms with Crippen LogP contribution in [0.25, 0.3) is 0 Å². The van der Waals surface area contributed by atoms with Crippen molar-refractivity contribution < 1.29 is 23.8 Å². The van der Waals surface area contributed by atoms with E-state index in [0.717, 1.165) is 15.6 Å².